The summed E-state index contributed by atoms with van der Waals surface area (Å²) in [6.45, 7) is 3.54. The highest BCUT2D eigenvalue weighted by Gasteiger charge is 2.12. The average Bonchev–Trinajstić information content (AvgIpc) is 3.04. The summed E-state index contributed by atoms with van der Waals surface area (Å²) in [5.74, 6) is 0.821. The number of carbonyl (C=O) groups excluding carboxylic acids is 1. The summed E-state index contributed by atoms with van der Waals surface area (Å²) < 4.78 is 10.3. The zero-order valence-corrected chi connectivity index (χ0v) is 12.6. The fourth-order valence-electron chi connectivity index (χ4n) is 2.30. The molecule has 1 aliphatic rings. The summed E-state index contributed by atoms with van der Waals surface area (Å²) in [6, 6.07) is 4.99. The topological polar surface area (TPSA) is 60.0 Å². The van der Waals surface area contributed by atoms with E-state index in [0.29, 0.717) is 23.7 Å². The number of hydroxylamine groups is 1. The van der Waals surface area contributed by atoms with Crippen LogP contribution >= 0.6 is 0 Å². The molecule has 0 aliphatic carbocycles. The van der Waals surface area contributed by atoms with Gasteiger partial charge in [-0.1, -0.05) is 0 Å². The largest absolute Gasteiger partial charge is 0.497 e. The van der Waals surface area contributed by atoms with E-state index in [-0.39, 0.29) is 5.91 Å². The van der Waals surface area contributed by atoms with Crippen LogP contribution in [0.2, 0.25) is 0 Å². The number of hydrogen-bond donors (Lipinski definition) is 1. The molecule has 1 heterocycles. The van der Waals surface area contributed by atoms with Crippen LogP contribution in [0.25, 0.3) is 0 Å². The van der Waals surface area contributed by atoms with Crippen LogP contribution < -0.4 is 15.0 Å². The Hall–Kier alpha value is -1.79. The summed E-state index contributed by atoms with van der Waals surface area (Å²) in [7, 11) is 3.09. The van der Waals surface area contributed by atoms with Crippen LogP contribution in [0.1, 0.15) is 23.2 Å². The van der Waals surface area contributed by atoms with Gasteiger partial charge in [0.1, 0.15) is 11.5 Å². The van der Waals surface area contributed by atoms with Crippen molar-refractivity contribution in [3.63, 3.8) is 0 Å². The van der Waals surface area contributed by atoms with Gasteiger partial charge in [0.25, 0.3) is 5.91 Å². The van der Waals surface area contributed by atoms with Gasteiger partial charge in [-0.3, -0.25) is 9.63 Å². The lowest BCUT2D eigenvalue weighted by Crippen LogP contribution is -2.30. The van der Waals surface area contributed by atoms with Crippen molar-refractivity contribution in [2.24, 2.45) is 0 Å². The van der Waals surface area contributed by atoms with Crippen LogP contribution in [0.3, 0.4) is 0 Å². The van der Waals surface area contributed by atoms with Gasteiger partial charge in [-0.05, 0) is 38.1 Å². The van der Waals surface area contributed by atoms with E-state index < -0.39 is 0 Å². The highest BCUT2D eigenvalue weighted by molar-refractivity contribution is 5.94. The van der Waals surface area contributed by atoms with Crippen LogP contribution in [0.4, 0.5) is 0 Å². The summed E-state index contributed by atoms with van der Waals surface area (Å²) in [4.78, 5) is 19.6. The predicted octanol–water partition coefficient (Wildman–Crippen LogP) is 1.46. The number of carbonyl (C=O) groups is 1. The van der Waals surface area contributed by atoms with E-state index in [1.54, 1.807) is 32.4 Å². The van der Waals surface area contributed by atoms with E-state index in [4.69, 9.17) is 14.3 Å². The molecule has 6 heteroatoms. The Bertz CT molecular complexity index is 450. The van der Waals surface area contributed by atoms with Gasteiger partial charge in [0.2, 0.25) is 0 Å². The Morgan fingerprint density at radius 2 is 1.76 bits per heavy atom. The molecule has 1 aromatic rings. The summed E-state index contributed by atoms with van der Waals surface area (Å²) in [5.41, 5.74) is 2.89. The van der Waals surface area contributed by atoms with Crippen molar-refractivity contribution in [2.45, 2.75) is 12.8 Å². The van der Waals surface area contributed by atoms with Gasteiger partial charge in [0.05, 0.1) is 20.8 Å². The van der Waals surface area contributed by atoms with Gasteiger partial charge in [-0.2, -0.15) is 0 Å². The Balaban J connectivity index is 1.81. The van der Waals surface area contributed by atoms with Gasteiger partial charge in [0, 0.05) is 18.2 Å². The maximum Gasteiger partial charge on any atom is 0.275 e. The third-order valence-corrected chi connectivity index (χ3v) is 3.49. The molecular weight excluding hydrogens is 272 g/mol. The molecule has 21 heavy (non-hydrogen) atoms. The van der Waals surface area contributed by atoms with Crippen LogP contribution in [-0.2, 0) is 4.84 Å². The Morgan fingerprint density at radius 3 is 2.33 bits per heavy atom. The number of ether oxygens (including phenoxy) is 2. The fourth-order valence-corrected chi connectivity index (χ4v) is 2.30. The second-order valence-corrected chi connectivity index (χ2v) is 4.93. The Kier molecular flexibility index (Phi) is 5.83. The molecule has 1 saturated heterocycles. The SMILES string of the molecule is COc1cc(OC)cc(C(=O)NOCCN2CCCC2)c1. The number of nitrogens with one attached hydrogen (secondary N) is 1. The van der Waals surface area contributed by atoms with Crippen molar-refractivity contribution >= 4 is 5.91 Å². The van der Waals surface area contributed by atoms with E-state index in [1.165, 1.54) is 12.8 Å². The average molecular weight is 294 g/mol. The second-order valence-electron chi connectivity index (χ2n) is 4.93. The summed E-state index contributed by atoms with van der Waals surface area (Å²) >= 11 is 0. The zero-order valence-electron chi connectivity index (χ0n) is 12.6. The highest BCUT2D eigenvalue weighted by Crippen LogP contribution is 2.22. The maximum atomic E-state index is 12.0. The molecule has 0 unspecified atom stereocenters. The third kappa shape index (κ3) is 4.61. The number of amides is 1. The molecule has 2 rings (SSSR count). The van der Waals surface area contributed by atoms with Crippen molar-refractivity contribution in [1.29, 1.82) is 0 Å². The van der Waals surface area contributed by atoms with Crippen molar-refractivity contribution < 1.29 is 19.1 Å². The molecule has 1 N–H and O–H groups in total. The first-order chi connectivity index (χ1) is 10.2. The molecule has 0 atom stereocenters. The zero-order chi connectivity index (χ0) is 15.1. The van der Waals surface area contributed by atoms with Crippen LogP contribution in [0.15, 0.2) is 18.2 Å². The minimum atomic E-state index is -0.311. The van der Waals surface area contributed by atoms with Gasteiger partial charge in [-0.15, -0.1) is 0 Å². The minimum absolute atomic E-state index is 0.311. The molecule has 0 radical (unpaired) electrons. The van der Waals surface area contributed by atoms with E-state index in [2.05, 4.69) is 10.4 Å². The van der Waals surface area contributed by atoms with E-state index in [9.17, 15) is 4.79 Å². The monoisotopic (exact) mass is 294 g/mol. The molecule has 0 spiro atoms. The standard InChI is InChI=1S/C15H22N2O4/c1-19-13-9-12(10-14(11-13)20-2)15(18)16-21-8-7-17-5-3-4-6-17/h9-11H,3-8H2,1-2H3,(H,16,18). The number of benzene rings is 1. The van der Waals surface area contributed by atoms with Gasteiger partial charge >= 0.3 is 0 Å². The molecule has 0 bridgehead atoms. The van der Waals surface area contributed by atoms with E-state index in [0.717, 1.165) is 19.6 Å². The van der Waals surface area contributed by atoms with Crippen LogP contribution in [-0.4, -0.2) is 51.3 Å². The normalized spacial score (nSPS) is 15.0. The lowest BCUT2D eigenvalue weighted by Gasteiger charge is -2.14. The molecule has 1 amide bonds. The second kappa shape index (κ2) is 7.85. The number of nitrogens with zero attached hydrogens (tertiary/aromatic N) is 1. The Labute approximate surface area is 124 Å². The molecule has 6 nitrogen and oxygen atoms in total. The van der Waals surface area contributed by atoms with Crippen LogP contribution in [0.5, 0.6) is 11.5 Å². The smallest absolute Gasteiger partial charge is 0.275 e. The van der Waals surface area contributed by atoms with Gasteiger partial charge in [0.15, 0.2) is 0 Å². The molecule has 0 aromatic heterocycles. The first-order valence-electron chi connectivity index (χ1n) is 7.10. The van der Waals surface area contributed by atoms with Crippen molar-refractivity contribution in [2.75, 3.05) is 40.5 Å². The molecule has 1 fully saturated rings. The molecular formula is C15H22N2O4. The lowest BCUT2D eigenvalue weighted by molar-refractivity contribution is 0.0243. The fraction of sp³-hybridized carbons (Fsp3) is 0.533. The minimum Gasteiger partial charge on any atom is -0.497 e. The molecule has 0 saturated carbocycles. The molecule has 1 aliphatic heterocycles. The Morgan fingerprint density at radius 1 is 1.14 bits per heavy atom. The number of likely N-dealkylation sites (tertiary alicyclic amines) is 1. The van der Waals surface area contributed by atoms with Crippen molar-refractivity contribution in [3.8, 4) is 11.5 Å². The third-order valence-electron chi connectivity index (χ3n) is 3.49. The molecule has 116 valence electrons. The van der Waals surface area contributed by atoms with Crippen LogP contribution in [0, 0.1) is 0 Å². The predicted molar refractivity (Wildman–Crippen MR) is 78.6 cm³/mol. The number of hydrogen-bond acceptors (Lipinski definition) is 5. The summed E-state index contributed by atoms with van der Waals surface area (Å²) in [6.07, 6.45) is 2.49. The lowest BCUT2D eigenvalue weighted by atomic mass is 10.2. The van der Waals surface area contributed by atoms with Crippen molar-refractivity contribution in [3.05, 3.63) is 23.8 Å². The quantitative estimate of drug-likeness (QED) is 0.609. The number of methoxy groups -OCH3 is 2. The number of rotatable bonds is 7. The van der Waals surface area contributed by atoms with E-state index in [1.807, 2.05) is 0 Å². The maximum absolute atomic E-state index is 12.0. The summed E-state index contributed by atoms with van der Waals surface area (Å²) in [5, 5.41) is 0. The first-order valence-corrected chi connectivity index (χ1v) is 7.10. The van der Waals surface area contributed by atoms with Gasteiger partial charge in [-0.25, -0.2) is 5.48 Å². The van der Waals surface area contributed by atoms with E-state index >= 15 is 0 Å². The molecule has 1 aromatic carbocycles. The van der Waals surface area contributed by atoms with Gasteiger partial charge < -0.3 is 14.4 Å². The highest BCUT2D eigenvalue weighted by atomic mass is 16.7. The first kappa shape index (κ1) is 15.6. The van der Waals surface area contributed by atoms with Crippen molar-refractivity contribution in [1.82, 2.24) is 10.4 Å².